The van der Waals surface area contributed by atoms with Crippen LogP contribution in [-0.4, -0.2) is 10.3 Å². The predicted molar refractivity (Wildman–Crippen MR) is 195 cm³/mol. The minimum absolute atomic E-state index is 0.972. The van der Waals surface area contributed by atoms with Crippen molar-refractivity contribution in [1.29, 1.82) is 0 Å². The lowest BCUT2D eigenvalue weighted by Gasteiger charge is -2.12. The molecule has 0 bridgehead atoms. The number of nitrogens with zero attached hydrogens (tertiary/aromatic N) is 2. The van der Waals surface area contributed by atoms with Gasteiger partial charge in [-0.15, -0.1) is 0 Å². The third-order valence-corrected chi connectivity index (χ3v) is 8.92. The molecule has 1 aromatic heterocycles. The third kappa shape index (κ3) is 4.46. The van der Waals surface area contributed by atoms with Crippen LogP contribution < -0.4 is 0 Å². The summed E-state index contributed by atoms with van der Waals surface area (Å²) in [4.78, 5) is 5.13. The van der Waals surface area contributed by atoms with Crippen LogP contribution in [-0.2, 0) is 0 Å². The fraction of sp³-hybridized carbons (Fsp3) is 0.0465. The number of allylic oxidation sites excluding steroid dienone is 3. The smallest absolute Gasteiger partial charge is 0.0631 e. The molecule has 8 rings (SSSR count). The number of rotatable bonds is 5. The molecule has 0 unspecified atom stereocenters. The van der Waals surface area contributed by atoms with Crippen LogP contribution in [0.5, 0.6) is 0 Å². The maximum absolute atomic E-state index is 5.13. The molecule has 214 valence electrons. The second-order valence-corrected chi connectivity index (χ2v) is 11.5. The minimum Gasteiger partial charge on any atom is -0.309 e. The summed E-state index contributed by atoms with van der Waals surface area (Å²) in [6, 6.07) is 50.1. The number of fused-ring (bicyclic) bond motifs is 9. The predicted octanol–water partition coefficient (Wildman–Crippen LogP) is 11.7. The summed E-state index contributed by atoms with van der Waals surface area (Å²) in [5.41, 5.74) is 7.83. The molecule has 45 heavy (non-hydrogen) atoms. The van der Waals surface area contributed by atoms with Gasteiger partial charge in [-0.3, -0.25) is 4.99 Å². The first-order valence-corrected chi connectivity index (χ1v) is 15.5. The Morgan fingerprint density at radius 2 is 1.13 bits per heavy atom. The Hall–Kier alpha value is -5.73. The van der Waals surface area contributed by atoms with Gasteiger partial charge in [-0.1, -0.05) is 127 Å². The Morgan fingerprint density at radius 3 is 1.82 bits per heavy atom. The van der Waals surface area contributed by atoms with Crippen LogP contribution in [0.2, 0.25) is 0 Å². The molecule has 1 heterocycles. The zero-order valence-corrected chi connectivity index (χ0v) is 25.4. The van der Waals surface area contributed by atoms with E-state index in [1.54, 1.807) is 0 Å². The van der Waals surface area contributed by atoms with Gasteiger partial charge in [0.1, 0.15) is 0 Å². The Labute approximate surface area is 262 Å². The van der Waals surface area contributed by atoms with Crippen molar-refractivity contribution in [2.24, 2.45) is 4.99 Å². The molecule has 0 aliphatic rings. The van der Waals surface area contributed by atoms with Crippen molar-refractivity contribution in [1.82, 2.24) is 4.57 Å². The van der Waals surface area contributed by atoms with Crippen LogP contribution in [0.4, 0.5) is 0 Å². The molecular formula is C43H32N2. The maximum atomic E-state index is 5.13. The number of hydrogen-bond donors (Lipinski definition) is 0. The van der Waals surface area contributed by atoms with Gasteiger partial charge < -0.3 is 4.57 Å². The Morgan fingerprint density at radius 1 is 0.556 bits per heavy atom. The van der Waals surface area contributed by atoms with Crippen molar-refractivity contribution in [3.8, 4) is 5.69 Å². The fourth-order valence-corrected chi connectivity index (χ4v) is 6.87. The highest BCUT2D eigenvalue weighted by molar-refractivity contribution is 6.25. The normalized spacial score (nSPS) is 12.8. The summed E-state index contributed by atoms with van der Waals surface area (Å²) in [5.74, 6) is 0. The average Bonchev–Trinajstić information content (AvgIpc) is 3.45. The first-order chi connectivity index (χ1) is 22.2. The highest BCUT2D eigenvalue weighted by atomic mass is 15.0. The quantitative estimate of drug-likeness (QED) is 0.110. The van der Waals surface area contributed by atoms with Gasteiger partial charge in [0.15, 0.2) is 0 Å². The van der Waals surface area contributed by atoms with E-state index in [-0.39, 0.29) is 0 Å². The lowest BCUT2D eigenvalue weighted by molar-refractivity contribution is 1.18. The third-order valence-electron chi connectivity index (χ3n) is 8.92. The summed E-state index contributed by atoms with van der Waals surface area (Å²) >= 11 is 0. The van der Waals surface area contributed by atoms with Crippen LogP contribution in [0.3, 0.4) is 0 Å². The van der Waals surface area contributed by atoms with Crippen molar-refractivity contribution < 1.29 is 0 Å². The molecule has 0 saturated heterocycles. The van der Waals surface area contributed by atoms with Gasteiger partial charge in [-0.2, -0.15) is 0 Å². The Balaban J connectivity index is 1.31. The lowest BCUT2D eigenvalue weighted by atomic mass is 9.92. The van der Waals surface area contributed by atoms with E-state index < -0.39 is 0 Å². The van der Waals surface area contributed by atoms with E-state index in [9.17, 15) is 0 Å². The van der Waals surface area contributed by atoms with Crippen molar-refractivity contribution in [3.05, 3.63) is 169 Å². The molecule has 0 atom stereocenters. The average molecular weight is 577 g/mol. The molecule has 0 fully saturated rings. The number of aromatic nitrogens is 1. The van der Waals surface area contributed by atoms with Crippen molar-refractivity contribution in [3.63, 3.8) is 0 Å². The summed E-state index contributed by atoms with van der Waals surface area (Å²) in [6.07, 6.45) is 6.27. The van der Waals surface area contributed by atoms with E-state index in [1.165, 1.54) is 54.1 Å². The van der Waals surface area contributed by atoms with Crippen LogP contribution in [0.15, 0.2) is 163 Å². The van der Waals surface area contributed by atoms with Crippen LogP contribution in [0.1, 0.15) is 25.0 Å². The van der Waals surface area contributed by atoms with Gasteiger partial charge in [0, 0.05) is 33.9 Å². The monoisotopic (exact) mass is 576 g/mol. The van der Waals surface area contributed by atoms with Crippen LogP contribution in [0, 0.1) is 0 Å². The Bertz CT molecular complexity index is 2460. The van der Waals surface area contributed by atoms with E-state index in [0.717, 1.165) is 28.1 Å². The van der Waals surface area contributed by atoms with E-state index >= 15 is 0 Å². The van der Waals surface area contributed by atoms with E-state index in [2.05, 4.69) is 170 Å². The maximum Gasteiger partial charge on any atom is 0.0631 e. The number of benzene rings is 7. The van der Waals surface area contributed by atoms with Crippen LogP contribution in [0.25, 0.3) is 65.4 Å². The first kappa shape index (κ1) is 26.9. The van der Waals surface area contributed by atoms with Crippen molar-refractivity contribution in [2.75, 3.05) is 0 Å². The molecule has 0 saturated carbocycles. The first-order valence-electron chi connectivity index (χ1n) is 15.5. The van der Waals surface area contributed by atoms with Crippen LogP contribution >= 0.6 is 0 Å². The molecule has 0 amide bonds. The van der Waals surface area contributed by atoms with Crippen molar-refractivity contribution in [2.45, 2.75) is 13.8 Å². The number of para-hydroxylation sites is 3. The summed E-state index contributed by atoms with van der Waals surface area (Å²) in [5, 5.41) is 10.1. The summed E-state index contributed by atoms with van der Waals surface area (Å²) < 4.78 is 2.37. The van der Waals surface area contributed by atoms with E-state index in [0.29, 0.717) is 0 Å². The fourth-order valence-electron chi connectivity index (χ4n) is 6.87. The summed E-state index contributed by atoms with van der Waals surface area (Å²) in [6.45, 7) is 4.18. The molecule has 0 spiro atoms. The molecule has 2 nitrogen and oxygen atoms in total. The van der Waals surface area contributed by atoms with Gasteiger partial charge >= 0.3 is 0 Å². The zero-order chi connectivity index (χ0) is 30.3. The molecule has 8 aromatic rings. The largest absolute Gasteiger partial charge is 0.309 e. The number of aliphatic imine (C=N–C) groups is 1. The molecule has 2 heteroatoms. The van der Waals surface area contributed by atoms with Crippen molar-refractivity contribution >= 4 is 65.4 Å². The van der Waals surface area contributed by atoms with Gasteiger partial charge in [0.25, 0.3) is 0 Å². The zero-order valence-electron chi connectivity index (χ0n) is 25.4. The topological polar surface area (TPSA) is 17.3 Å². The minimum atomic E-state index is 0.972. The van der Waals surface area contributed by atoms with E-state index in [4.69, 9.17) is 4.99 Å². The summed E-state index contributed by atoms with van der Waals surface area (Å²) in [7, 11) is 0. The molecule has 0 N–H and O–H groups in total. The highest BCUT2D eigenvalue weighted by Gasteiger charge is 2.16. The second kappa shape index (κ2) is 11.1. The lowest BCUT2D eigenvalue weighted by Crippen LogP contribution is -2.01. The van der Waals surface area contributed by atoms with Gasteiger partial charge in [0.2, 0.25) is 0 Å². The number of hydrogen-bond acceptors (Lipinski definition) is 1. The highest BCUT2D eigenvalue weighted by Crippen LogP contribution is 2.37. The molecule has 7 aromatic carbocycles. The second-order valence-electron chi connectivity index (χ2n) is 11.5. The molecule has 0 radical (unpaired) electrons. The Kier molecular flexibility index (Phi) is 6.61. The SMILES string of the molecule is C/C=C/C(=C\N=C(C)c1cccc2c3ccccc3n(-c3ccccc3)c12)c1ccc2c3ccccc3c3ccccc3c2c1. The van der Waals surface area contributed by atoms with Gasteiger partial charge in [-0.25, -0.2) is 0 Å². The molecule has 0 aliphatic carbocycles. The molecular weight excluding hydrogens is 544 g/mol. The standard InChI is InChI=1S/C43H32N2/c1-3-14-31(30-25-26-38-36-19-8-7-17-34(36)35-18-9-10-20-37(35)41(38)27-30)28-44-29(2)33-22-13-23-40-39-21-11-12-24-42(39)45(43(33)40)32-15-5-4-6-16-32/h3-28H,1-2H3/b14-3+,31-28+,44-29?. The van der Waals surface area contributed by atoms with Gasteiger partial charge in [-0.05, 0) is 81.6 Å². The van der Waals surface area contributed by atoms with E-state index in [1.807, 2.05) is 6.20 Å². The molecule has 0 aliphatic heterocycles. The van der Waals surface area contributed by atoms with Gasteiger partial charge in [0.05, 0.1) is 11.0 Å².